The lowest BCUT2D eigenvalue weighted by atomic mass is 10.2. The van der Waals surface area contributed by atoms with E-state index in [0.29, 0.717) is 16.5 Å². The molecule has 2 N–H and O–H groups in total. The molecule has 0 aliphatic heterocycles. The number of ether oxygens (including phenoxy) is 1. The van der Waals surface area contributed by atoms with Crippen molar-refractivity contribution in [1.82, 2.24) is 0 Å². The summed E-state index contributed by atoms with van der Waals surface area (Å²) in [6, 6.07) is 12.3. The van der Waals surface area contributed by atoms with Crippen molar-refractivity contribution in [2.45, 2.75) is 6.92 Å². The van der Waals surface area contributed by atoms with Gasteiger partial charge in [0, 0.05) is 11.4 Å². The average molecular weight is 291 g/mol. The van der Waals surface area contributed by atoms with E-state index in [1.807, 2.05) is 31.2 Å². The standard InChI is InChI=1S/C15H15ClN2O2/c1-10-3-5-11(6-4-10)17-15(19)18-12-7-8-14(20-2)13(16)9-12/h3-9H,1-2H3,(H2,17,18,19). The van der Waals surface area contributed by atoms with Crippen LogP contribution in [0.2, 0.25) is 5.02 Å². The lowest BCUT2D eigenvalue weighted by molar-refractivity contribution is 0.262. The van der Waals surface area contributed by atoms with Gasteiger partial charge in [-0.3, -0.25) is 0 Å². The number of anilines is 2. The van der Waals surface area contributed by atoms with Gasteiger partial charge in [-0.1, -0.05) is 29.3 Å². The molecule has 0 bridgehead atoms. The minimum absolute atomic E-state index is 0.324. The van der Waals surface area contributed by atoms with E-state index in [0.717, 1.165) is 11.3 Å². The second-order valence-corrected chi connectivity index (χ2v) is 4.70. The number of urea groups is 1. The first-order chi connectivity index (χ1) is 9.58. The van der Waals surface area contributed by atoms with Crippen LogP contribution in [0, 0.1) is 6.92 Å². The molecular formula is C15H15ClN2O2. The Hall–Kier alpha value is -2.20. The number of nitrogens with one attached hydrogen (secondary N) is 2. The Morgan fingerprint density at radius 2 is 1.65 bits per heavy atom. The number of carbonyl (C=O) groups excluding carboxylic acids is 1. The van der Waals surface area contributed by atoms with E-state index in [9.17, 15) is 4.79 Å². The molecular weight excluding hydrogens is 276 g/mol. The van der Waals surface area contributed by atoms with Gasteiger partial charge >= 0.3 is 6.03 Å². The minimum atomic E-state index is -0.324. The molecule has 2 aromatic rings. The highest BCUT2D eigenvalue weighted by molar-refractivity contribution is 6.32. The topological polar surface area (TPSA) is 50.4 Å². The molecule has 0 spiro atoms. The quantitative estimate of drug-likeness (QED) is 0.885. The summed E-state index contributed by atoms with van der Waals surface area (Å²) >= 11 is 5.99. The van der Waals surface area contributed by atoms with E-state index < -0.39 is 0 Å². The molecule has 20 heavy (non-hydrogen) atoms. The van der Waals surface area contributed by atoms with Crippen LogP contribution in [0.25, 0.3) is 0 Å². The van der Waals surface area contributed by atoms with E-state index in [2.05, 4.69) is 10.6 Å². The van der Waals surface area contributed by atoms with Crippen molar-refractivity contribution in [3.8, 4) is 5.75 Å². The lowest BCUT2D eigenvalue weighted by Gasteiger charge is -2.09. The van der Waals surface area contributed by atoms with E-state index >= 15 is 0 Å². The highest BCUT2D eigenvalue weighted by Crippen LogP contribution is 2.27. The molecule has 5 heteroatoms. The van der Waals surface area contributed by atoms with Crippen LogP contribution in [0.5, 0.6) is 5.75 Å². The number of carbonyl (C=O) groups is 1. The van der Waals surface area contributed by atoms with Crippen molar-refractivity contribution in [2.24, 2.45) is 0 Å². The van der Waals surface area contributed by atoms with E-state index in [1.54, 1.807) is 25.3 Å². The second-order valence-electron chi connectivity index (χ2n) is 4.29. The predicted octanol–water partition coefficient (Wildman–Crippen LogP) is 4.30. The van der Waals surface area contributed by atoms with Crippen molar-refractivity contribution in [3.63, 3.8) is 0 Å². The first-order valence-corrected chi connectivity index (χ1v) is 6.44. The summed E-state index contributed by atoms with van der Waals surface area (Å²) in [5, 5.41) is 5.89. The number of rotatable bonds is 3. The van der Waals surface area contributed by atoms with Gasteiger partial charge in [0.2, 0.25) is 0 Å². The largest absolute Gasteiger partial charge is 0.495 e. The second kappa shape index (κ2) is 6.30. The number of aryl methyl sites for hydroxylation is 1. The van der Waals surface area contributed by atoms with Crippen LogP contribution < -0.4 is 15.4 Å². The first kappa shape index (κ1) is 14.2. The van der Waals surface area contributed by atoms with Gasteiger partial charge in [-0.05, 0) is 37.3 Å². The van der Waals surface area contributed by atoms with Gasteiger partial charge in [-0.2, -0.15) is 0 Å². The fraction of sp³-hybridized carbons (Fsp3) is 0.133. The Labute approximate surface area is 122 Å². The normalized spacial score (nSPS) is 9.95. The highest BCUT2D eigenvalue weighted by Gasteiger charge is 2.05. The molecule has 0 atom stereocenters. The molecule has 0 saturated carbocycles. The molecule has 0 saturated heterocycles. The zero-order valence-electron chi connectivity index (χ0n) is 11.2. The Balaban J connectivity index is 2.01. The van der Waals surface area contributed by atoms with Crippen molar-refractivity contribution >= 4 is 29.0 Å². The number of benzene rings is 2. The van der Waals surface area contributed by atoms with Crippen LogP contribution >= 0.6 is 11.6 Å². The van der Waals surface area contributed by atoms with Crippen molar-refractivity contribution in [2.75, 3.05) is 17.7 Å². The molecule has 0 fully saturated rings. The van der Waals surface area contributed by atoms with Crippen LogP contribution in [0.3, 0.4) is 0 Å². The molecule has 0 aliphatic carbocycles. The van der Waals surface area contributed by atoms with Crippen LogP contribution in [0.15, 0.2) is 42.5 Å². The van der Waals surface area contributed by atoms with Gasteiger partial charge in [-0.25, -0.2) is 4.79 Å². The van der Waals surface area contributed by atoms with Gasteiger partial charge in [-0.15, -0.1) is 0 Å². The van der Waals surface area contributed by atoms with Gasteiger partial charge in [0.25, 0.3) is 0 Å². The number of halogens is 1. The summed E-state index contributed by atoms with van der Waals surface area (Å²) in [4.78, 5) is 11.8. The molecule has 0 radical (unpaired) electrons. The predicted molar refractivity (Wildman–Crippen MR) is 81.8 cm³/mol. The molecule has 0 aliphatic rings. The number of hydrogen-bond donors (Lipinski definition) is 2. The Morgan fingerprint density at radius 3 is 2.25 bits per heavy atom. The summed E-state index contributed by atoms with van der Waals surface area (Å²) in [5.74, 6) is 0.566. The Kier molecular flexibility index (Phi) is 4.48. The van der Waals surface area contributed by atoms with Crippen LogP contribution in [0.4, 0.5) is 16.2 Å². The summed E-state index contributed by atoms with van der Waals surface area (Å²) in [5.41, 5.74) is 2.46. The monoisotopic (exact) mass is 290 g/mol. The first-order valence-electron chi connectivity index (χ1n) is 6.06. The summed E-state index contributed by atoms with van der Waals surface area (Å²) in [7, 11) is 1.54. The lowest BCUT2D eigenvalue weighted by Crippen LogP contribution is -2.19. The summed E-state index contributed by atoms with van der Waals surface area (Å²) in [6.45, 7) is 1.99. The third-order valence-electron chi connectivity index (χ3n) is 2.72. The van der Waals surface area contributed by atoms with Crippen molar-refractivity contribution in [1.29, 1.82) is 0 Å². The molecule has 0 aromatic heterocycles. The third-order valence-corrected chi connectivity index (χ3v) is 3.01. The van der Waals surface area contributed by atoms with Gasteiger partial charge in [0.05, 0.1) is 12.1 Å². The molecule has 2 aromatic carbocycles. The number of hydrogen-bond acceptors (Lipinski definition) is 2. The van der Waals surface area contributed by atoms with Crippen molar-refractivity contribution < 1.29 is 9.53 Å². The van der Waals surface area contributed by atoms with E-state index in [-0.39, 0.29) is 6.03 Å². The summed E-state index contributed by atoms with van der Waals surface area (Å²) in [6.07, 6.45) is 0. The Morgan fingerprint density at radius 1 is 1.05 bits per heavy atom. The van der Waals surface area contributed by atoms with E-state index in [1.165, 1.54) is 0 Å². The van der Waals surface area contributed by atoms with Crippen LogP contribution in [-0.2, 0) is 0 Å². The maximum atomic E-state index is 11.8. The molecule has 104 valence electrons. The zero-order chi connectivity index (χ0) is 14.5. The SMILES string of the molecule is COc1ccc(NC(=O)Nc2ccc(C)cc2)cc1Cl. The molecule has 2 rings (SSSR count). The maximum Gasteiger partial charge on any atom is 0.323 e. The minimum Gasteiger partial charge on any atom is -0.495 e. The number of methoxy groups -OCH3 is 1. The van der Waals surface area contributed by atoms with Gasteiger partial charge in [0.15, 0.2) is 0 Å². The fourth-order valence-electron chi connectivity index (χ4n) is 1.67. The molecule has 2 amide bonds. The van der Waals surface area contributed by atoms with Crippen LogP contribution in [0.1, 0.15) is 5.56 Å². The smallest absolute Gasteiger partial charge is 0.323 e. The molecule has 4 nitrogen and oxygen atoms in total. The van der Waals surface area contributed by atoms with Gasteiger partial charge in [0.1, 0.15) is 5.75 Å². The molecule has 0 unspecified atom stereocenters. The highest BCUT2D eigenvalue weighted by atomic mass is 35.5. The van der Waals surface area contributed by atoms with E-state index in [4.69, 9.17) is 16.3 Å². The van der Waals surface area contributed by atoms with Crippen LogP contribution in [-0.4, -0.2) is 13.1 Å². The van der Waals surface area contributed by atoms with Crippen molar-refractivity contribution in [3.05, 3.63) is 53.1 Å². The third kappa shape index (κ3) is 3.65. The zero-order valence-corrected chi connectivity index (χ0v) is 12.0. The average Bonchev–Trinajstić information content (AvgIpc) is 2.41. The fourth-order valence-corrected chi connectivity index (χ4v) is 1.93. The summed E-state index contributed by atoms with van der Waals surface area (Å²) < 4.78 is 5.05. The molecule has 0 heterocycles. The Bertz CT molecular complexity index is 612. The maximum absolute atomic E-state index is 11.8. The number of amides is 2. The van der Waals surface area contributed by atoms with Gasteiger partial charge < -0.3 is 15.4 Å².